The topological polar surface area (TPSA) is 35.5 Å². The van der Waals surface area contributed by atoms with Crippen LogP contribution in [-0.4, -0.2) is 20.5 Å². The molecular formula is C15H13ClO3. The van der Waals surface area contributed by atoms with Crippen LogP contribution in [0.2, 0.25) is 5.02 Å². The summed E-state index contributed by atoms with van der Waals surface area (Å²) in [5.41, 5.74) is 2.17. The van der Waals surface area contributed by atoms with E-state index in [4.69, 9.17) is 21.1 Å². The fraction of sp³-hybridized carbons (Fsp3) is 0.133. The Morgan fingerprint density at radius 1 is 1.00 bits per heavy atom. The second kappa shape index (κ2) is 5.76. The smallest absolute Gasteiger partial charge is 0.153 e. The van der Waals surface area contributed by atoms with Gasteiger partial charge in [0.15, 0.2) is 6.29 Å². The lowest BCUT2D eigenvalue weighted by Crippen LogP contribution is -1.93. The Bertz CT molecular complexity index is 608. The SMILES string of the molecule is COc1ccc(-c2cc(Cl)ccc2OC)cc1C=O. The summed E-state index contributed by atoms with van der Waals surface area (Å²) < 4.78 is 10.4. The third kappa shape index (κ3) is 2.71. The molecule has 2 aromatic rings. The number of ether oxygens (including phenoxy) is 2. The van der Waals surface area contributed by atoms with E-state index in [-0.39, 0.29) is 0 Å². The number of benzene rings is 2. The highest BCUT2D eigenvalue weighted by Gasteiger charge is 2.10. The first-order valence-corrected chi connectivity index (χ1v) is 6.04. The zero-order valence-electron chi connectivity index (χ0n) is 10.6. The van der Waals surface area contributed by atoms with E-state index in [1.54, 1.807) is 37.4 Å². The lowest BCUT2D eigenvalue weighted by atomic mass is 10.0. The molecule has 2 aromatic carbocycles. The summed E-state index contributed by atoms with van der Waals surface area (Å²) in [5.74, 6) is 1.24. The van der Waals surface area contributed by atoms with Crippen LogP contribution in [0, 0.1) is 0 Å². The summed E-state index contributed by atoms with van der Waals surface area (Å²) >= 11 is 6.01. The lowest BCUT2D eigenvalue weighted by molar-refractivity contribution is 0.112. The van der Waals surface area contributed by atoms with Gasteiger partial charge in [-0.15, -0.1) is 0 Å². The Labute approximate surface area is 116 Å². The van der Waals surface area contributed by atoms with E-state index in [1.165, 1.54) is 7.11 Å². The molecule has 0 aliphatic rings. The largest absolute Gasteiger partial charge is 0.496 e. The van der Waals surface area contributed by atoms with Crippen LogP contribution in [0.25, 0.3) is 11.1 Å². The molecule has 0 N–H and O–H groups in total. The highest BCUT2D eigenvalue weighted by Crippen LogP contribution is 2.34. The van der Waals surface area contributed by atoms with Gasteiger partial charge in [-0.05, 0) is 35.9 Å². The molecule has 0 aliphatic carbocycles. The molecule has 2 rings (SSSR count). The number of halogens is 1. The lowest BCUT2D eigenvalue weighted by Gasteiger charge is -2.11. The van der Waals surface area contributed by atoms with Crippen LogP contribution in [0.15, 0.2) is 36.4 Å². The van der Waals surface area contributed by atoms with Crippen molar-refractivity contribution in [2.45, 2.75) is 0 Å². The summed E-state index contributed by atoms with van der Waals surface area (Å²) in [7, 11) is 3.12. The second-order valence-electron chi connectivity index (χ2n) is 3.92. The number of hydrogen-bond acceptors (Lipinski definition) is 3. The maximum absolute atomic E-state index is 11.1. The van der Waals surface area contributed by atoms with Crippen LogP contribution in [0.5, 0.6) is 11.5 Å². The van der Waals surface area contributed by atoms with Gasteiger partial charge in [-0.25, -0.2) is 0 Å². The van der Waals surface area contributed by atoms with Gasteiger partial charge in [-0.1, -0.05) is 17.7 Å². The maximum atomic E-state index is 11.1. The van der Waals surface area contributed by atoms with Gasteiger partial charge < -0.3 is 9.47 Å². The standard InChI is InChI=1S/C15H13ClO3/c1-18-14-5-3-10(7-11(14)9-17)13-8-12(16)4-6-15(13)19-2/h3-9H,1-2H3. The monoisotopic (exact) mass is 276 g/mol. The Morgan fingerprint density at radius 2 is 1.68 bits per heavy atom. The molecule has 0 saturated heterocycles. The summed E-state index contributed by atoms with van der Waals surface area (Å²) in [5, 5.41) is 0.610. The minimum atomic E-state index is 0.488. The zero-order valence-corrected chi connectivity index (χ0v) is 11.4. The molecule has 0 heterocycles. The maximum Gasteiger partial charge on any atom is 0.153 e. The van der Waals surface area contributed by atoms with Gasteiger partial charge in [-0.3, -0.25) is 4.79 Å². The first-order valence-electron chi connectivity index (χ1n) is 5.66. The van der Waals surface area contributed by atoms with Crippen LogP contribution < -0.4 is 9.47 Å². The number of methoxy groups -OCH3 is 2. The predicted octanol–water partition coefficient (Wildman–Crippen LogP) is 3.84. The average Bonchev–Trinajstić information content (AvgIpc) is 2.46. The summed E-state index contributed by atoms with van der Waals surface area (Å²) in [6.45, 7) is 0. The van der Waals surface area contributed by atoms with Crippen molar-refractivity contribution in [2.24, 2.45) is 0 Å². The molecule has 19 heavy (non-hydrogen) atoms. The van der Waals surface area contributed by atoms with Gasteiger partial charge in [0, 0.05) is 10.6 Å². The number of aldehydes is 1. The number of hydrogen-bond donors (Lipinski definition) is 0. The second-order valence-corrected chi connectivity index (χ2v) is 4.36. The third-order valence-corrected chi connectivity index (χ3v) is 3.06. The minimum Gasteiger partial charge on any atom is -0.496 e. The summed E-state index contributed by atoms with van der Waals surface area (Å²) in [6, 6.07) is 10.7. The molecule has 0 aromatic heterocycles. The molecule has 0 amide bonds. The van der Waals surface area contributed by atoms with E-state index in [0.717, 1.165) is 17.4 Å². The van der Waals surface area contributed by atoms with Crippen molar-refractivity contribution in [1.29, 1.82) is 0 Å². The first kappa shape index (κ1) is 13.4. The number of carbonyl (C=O) groups excluding carboxylic acids is 1. The fourth-order valence-electron chi connectivity index (χ4n) is 1.90. The molecule has 0 unspecified atom stereocenters. The summed E-state index contributed by atoms with van der Waals surface area (Å²) in [6.07, 6.45) is 0.763. The molecule has 0 saturated carbocycles. The molecule has 0 atom stereocenters. The van der Waals surface area contributed by atoms with Gasteiger partial charge in [0.2, 0.25) is 0 Å². The highest BCUT2D eigenvalue weighted by atomic mass is 35.5. The Balaban J connectivity index is 2.58. The predicted molar refractivity (Wildman–Crippen MR) is 75.4 cm³/mol. The number of carbonyl (C=O) groups is 1. The average molecular weight is 277 g/mol. The van der Waals surface area contributed by atoms with Crippen molar-refractivity contribution >= 4 is 17.9 Å². The van der Waals surface area contributed by atoms with Crippen LogP contribution in [0.3, 0.4) is 0 Å². The Hall–Kier alpha value is -2.00. The molecule has 4 heteroatoms. The van der Waals surface area contributed by atoms with Gasteiger partial charge in [0.05, 0.1) is 19.8 Å². The Kier molecular flexibility index (Phi) is 4.07. The normalized spacial score (nSPS) is 10.1. The highest BCUT2D eigenvalue weighted by molar-refractivity contribution is 6.31. The van der Waals surface area contributed by atoms with E-state index >= 15 is 0 Å². The van der Waals surface area contributed by atoms with E-state index in [1.807, 2.05) is 6.07 Å². The molecule has 3 nitrogen and oxygen atoms in total. The van der Waals surface area contributed by atoms with Gasteiger partial charge >= 0.3 is 0 Å². The fourth-order valence-corrected chi connectivity index (χ4v) is 2.07. The van der Waals surface area contributed by atoms with Crippen LogP contribution in [0.1, 0.15) is 10.4 Å². The molecule has 0 radical (unpaired) electrons. The molecule has 98 valence electrons. The quantitative estimate of drug-likeness (QED) is 0.796. The van der Waals surface area contributed by atoms with E-state index in [2.05, 4.69) is 0 Å². The van der Waals surface area contributed by atoms with Crippen molar-refractivity contribution in [3.8, 4) is 22.6 Å². The van der Waals surface area contributed by atoms with Crippen LogP contribution in [-0.2, 0) is 0 Å². The molecule has 0 spiro atoms. The van der Waals surface area contributed by atoms with Crippen molar-refractivity contribution in [1.82, 2.24) is 0 Å². The van der Waals surface area contributed by atoms with Crippen molar-refractivity contribution in [3.63, 3.8) is 0 Å². The molecule has 0 bridgehead atoms. The third-order valence-electron chi connectivity index (χ3n) is 2.83. The van der Waals surface area contributed by atoms with E-state index < -0.39 is 0 Å². The first-order chi connectivity index (χ1) is 9.19. The van der Waals surface area contributed by atoms with Crippen molar-refractivity contribution < 1.29 is 14.3 Å². The van der Waals surface area contributed by atoms with Crippen LogP contribution >= 0.6 is 11.6 Å². The minimum absolute atomic E-state index is 0.488. The van der Waals surface area contributed by atoms with Crippen molar-refractivity contribution in [3.05, 3.63) is 47.0 Å². The van der Waals surface area contributed by atoms with E-state index in [0.29, 0.717) is 22.1 Å². The summed E-state index contributed by atoms with van der Waals surface area (Å²) in [4.78, 5) is 11.1. The van der Waals surface area contributed by atoms with Crippen molar-refractivity contribution in [2.75, 3.05) is 14.2 Å². The Morgan fingerprint density at radius 3 is 2.32 bits per heavy atom. The molecule has 0 aliphatic heterocycles. The van der Waals surface area contributed by atoms with Gasteiger partial charge in [0.1, 0.15) is 11.5 Å². The van der Waals surface area contributed by atoms with Gasteiger partial charge in [0.25, 0.3) is 0 Å². The molecular weight excluding hydrogens is 264 g/mol. The molecule has 0 fully saturated rings. The van der Waals surface area contributed by atoms with Gasteiger partial charge in [-0.2, -0.15) is 0 Å². The van der Waals surface area contributed by atoms with E-state index in [9.17, 15) is 4.79 Å². The zero-order chi connectivity index (χ0) is 13.8. The van der Waals surface area contributed by atoms with Crippen LogP contribution in [0.4, 0.5) is 0 Å². The number of rotatable bonds is 4.